The van der Waals surface area contributed by atoms with Gasteiger partial charge in [-0.1, -0.05) is 91.0 Å². The van der Waals surface area contributed by atoms with Gasteiger partial charge in [0.15, 0.2) is 11.4 Å². The summed E-state index contributed by atoms with van der Waals surface area (Å²) < 4.78 is 27.2. The van der Waals surface area contributed by atoms with Crippen molar-refractivity contribution in [3.63, 3.8) is 0 Å². The summed E-state index contributed by atoms with van der Waals surface area (Å²) in [5.74, 6) is 0.470. The molecule has 1 aliphatic carbocycles. The molecule has 6 rings (SSSR count). The van der Waals surface area contributed by atoms with Crippen molar-refractivity contribution >= 4 is 32.8 Å². The molecule has 3 aromatic carbocycles. The molecule has 1 fully saturated rings. The first kappa shape index (κ1) is 28.8. The molecule has 0 amide bonds. The number of fused-ring (bicyclic) bond motifs is 1. The zero-order valence-electron chi connectivity index (χ0n) is 23.8. The number of carbonyl (C=O) groups excluding carboxylic acids is 1. The molecule has 2 aromatic heterocycles. The van der Waals surface area contributed by atoms with E-state index >= 15 is 0 Å². The Kier molecular flexibility index (Phi) is 8.62. The molecule has 1 saturated carbocycles. The number of aromatic nitrogens is 3. The predicted molar refractivity (Wildman–Crippen MR) is 169 cm³/mol. The van der Waals surface area contributed by atoms with Crippen molar-refractivity contribution in [3.8, 4) is 0 Å². The van der Waals surface area contributed by atoms with Crippen LogP contribution in [0.2, 0.25) is 0 Å². The zero-order valence-corrected chi connectivity index (χ0v) is 24.7. The van der Waals surface area contributed by atoms with Crippen molar-refractivity contribution in [3.05, 3.63) is 126 Å². The third kappa shape index (κ3) is 6.84. The number of carbonyl (C=O) groups is 1. The van der Waals surface area contributed by atoms with Crippen LogP contribution in [0.25, 0.3) is 11.2 Å². The smallest absolute Gasteiger partial charge is 0.244 e. The molecule has 5 aromatic rings. The fourth-order valence-corrected chi connectivity index (χ4v) is 7.27. The number of benzene rings is 3. The molecule has 220 valence electrons. The second-order valence-electron chi connectivity index (χ2n) is 11.1. The maximum absolute atomic E-state index is 13.1. The molecule has 8 nitrogen and oxygen atoms in total. The number of nitrogens with one attached hydrogen (secondary N) is 2. The lowest BCUT2D eigenvalue weighted by molar-refractivity contribution is -0.122. The zero-order chi connectivity index (χ0) is 29.6. The Morgan fingerprint density at radius 2 is 1.44 bits per heavy atom. The fourth-order valence-electron chi connectivity index (χ4n) is 5.87. The number of hydrogen-bond donors (Lipinski definition) is 2. The van der Waals surface area contributed by atoms with Crippen LogP contribution in [0.15, 0.2) is 109 Å². The van der Waals surface area contributed by atoms with Gasteiger partial charge in [0.2, 0.25) is 10.0 Å². The number of hydrogen-bond acceptors (Lipinski definition) is 7. The van der Waals surface area contributed by atoms with E-state index in [1.54, 1.807) is 18.2 Å². The van der Waals surface area contributed by atoms with Crippen molar-refractivity contribution in [2.45, 2.75) is 43.5 Å². The molecule has 1 aliphatic rings. The van der Waals surface area contributed by atoms with Crippen LogP contribution < -0.4 is 10.6 Å². The van der Waals surface area contributed by atoms with Crippen molar-refractivity contribution in [1.82, 2.24) is 19.3 Å². The highest BCUT2D eigenvalue weighted by Gasteiger charge is 2.28. The maximum Gasteiger partial charge on any atom is 0.244 e. The van der Waals surface area contributed by atoms with Crippen LogP contribution in [-0.2, 0) is 20.6 Å². The van der Waals surface area contributed by atoms with Gasteiger partial charge >= 0.3 is 0 Å². The summed E-state index contributed by atoms with van der Waals surface area (Å²) in [6, 6.07) is 32.1. The number of ketones is 1. The van der Waals surface area contributed by atoms with E-state index in [4.69, 9.17) is 0 Å². The highest BCUT2D eigenvalue weighted by atomic mass is 32.2. The van der Waals surface area contributed by atoms with E-state index in [1.807, 2.05) is 30.3 Å². The summed E-state index contributed by atoms with van der Waals surface area (Å²) >= 11 is 0. The molecule has 0 spiro atoms. The average molecular weight is 594 g/mol. The largest absolute Gasteiger partial charge is 0.362 e. The van der Waals surface area contributed by atoms with Crippen LogP contribution in [0, 0.1) is 5.92 Å². The number of Topliss-reactive ketones (excluding diaryl/α,β-unsaturated/α-hetero) is 1. The predicted octanol–water partition coefficient (Wildman–Crippen LogP) is 5.73. The van der Waals surface area contributed by atoms with Crippen molar-refractivity contribution < 1.29 is 13.2 Å². The van der Waals surface area contributed by atoms with Crippen LogP contribution in [0.4, 0.5) is 5.82 Å². The normalized spacial score (nSPS) is 17.2. The van der Waals surface area contributed by atoms with Crippen LogP contribution >= 0.6 is 0 Å². The second kappa shape index (κ2) is 12.9. The molecule has 0 atom stereocenters. The quantitative estimate of drug-likeness (QED) is 0.202. The highest BCUT2D eigenvalue weighted by Crippen LogP contribution is 2.29. The summed E-state index contributed by atoms with van der Waals surface area (Å²) in [4.78, 5) is 22.0. The van der Waals surface area contributed by atoms with Gasteiger partial charge < -0.3 is 10.6 Å². The number of rotatable bonds is 11. The minimum atomic E-state index is -3.66. The molecule has 9 heteroatoms. The van der Waals surface area contributed by atoms with Gasteiger partial charge in [0, 0.05) is 18.2 Å². The third-order valence-corrected chi connectivity index (χ3v) is 9.73. The highest BCUT2D eigenvalue weighted by molar-refractivity contribution is 7.89. The first-order valence-corrected chi connectivity index (χ1v) is 16.3. The average Bonchev–Trinajstić information content (AvgIpc) is 3.48. The summed E-state index contributed by atoms with van der Waals surface area (Å²) in [6.07, 6.45) is 6.50. The van der Waals surface area contributed by atoms with Crippen molar-refractivity contribution in [2.75, 3.05) is 11.9 Å². The number of anilines is 1. The van der Waals surface area contributed by atoms with E-state index in [0.717, 1.165) is 25.7 Å². The van der Waals surface area contributed by atoms with E-state index in [0.29, 0.717) is 22.9 Å². The molecule has 0 unspecified atom stereocenters. The van der Waals surface area contributed by atoms with Gasteiger partial charge in [-0.15, -0.1) is 0 Å². The van der Waals surface area contributed by atoms with E-state index in [1.165, 1.54) is 27.5 Å². The lowest BCUT2D eigenvalue weighted by Gasteiger charge is -2.32. The Morgan fingerprint density at radius 3 is 2.07 bits per heavy atom. The fraction of sp³-hybridized carbons (Fsp3) is 0.265. The summed E-state index contributed by atoms with van der Waals surface area (Å²) in [5, 5.41) is 6.97. The van der Waals surface area contributed by atoms with Gasteiger partial charge in [-0.25, -0.2) is 22.4 Å². The second-order valence-corrected chi connectivity index (χ2v) is 13.0. The van der Waals surface area contributed by atoms with Crippen molar-refractivity contribution in [2.24, 2.45) is 5.92 Å². The van der Waals surface area contributed by atoms with E-state index in [2.05, 4.69) is 69.1 Å². The topological polar surface area (TPSA) is 106 Å². The minimum Gasteiger partial charge on any atom is -0.362 e. The Labute approximate surface area is 252 Å². The number of nitrogens with zero attached hydrogens (tertiary/aromatic N) is 3. The maximum atomic E-state index is 13.1. The van der Waals surface area contributed by atoms with Gasteiger partial charge in [-0.05, 0) is 48.4 Å². The van der Waals surface area contributed by atoms with E-state index < -0.39 is 10.0 Å². The van der Waals surface area contributed by atoms with Gasteiger partial charge in [-0.2, -0.15) is 0 Å². The Balaban J connectivity index is 1.04. The lowest BCUT2D eigenvalue weighted by Crippen LogP contribution is -2.38. The molecule has 0 bridgehead atoms. The molecule has 2 N–H and O–H groups in total. The van der Waals surface area contributed by atoms with Gasteiger partial charge in [0.05, 0.1) is 24.5 Å². The third-order valence-electron chi connectivity index (χ3n) is 8.14. The first-order valence-electron chi connectivity index (χ1n) is 14.7. The SMILES string of the molecule is O=C(CNc1cnc2c(ccn2S(=O)(=O)Cc2ccccc2)n1)C1CCC(NC(c2ccccc2)c2ccccc2)CC1. The van der Waals surface area contributed by atoms with Crippen LogP contribution in [0.5, 0.6) is 0 Å². The van der Waals surface area contributed by atoms with Crippen LogP contribution in [-0.4, -0.2) is 40.7 Å². The monoisotopic (exact) mass is 593 g/mol. The minimum absolute atomic E-state index is 0.00152. The molecule has 43 heavy (non-hydrogen) atoms. The van der Waals surface area contributed by atoms with Gasteiger partial charge in [0.1, 0.15) is 11.3 Å². The molecule has 0 radical (unpaired) electrons. The molecular formula is C34H35N5O3S. The summed E-state index contributed by atoms with van der Waals surface area (Å²) in [5.41, 5.74) is 3.89. The Hall–Kier alpha value is -4.34. The van der Waals surface area contributed by atoms with Crippen molar-refractivity contribution in [1.29, 1.82) is 0 Å². The van der Waals surface area contributed by atoms with E-state index in [-0.39, 0.29) is 35.7 Å². The standard InChI is InChI=1S/C34H35N5O3S/c40-31(26-16-18-29(19-17-26)37-33(27-12-6-2-7-13-27)28-14-8-3-9-15-28)22-35-32-23-36-34-30(38-32)20-21-39(34)43(41,42)24-25-10-4-1-5-11-25/h1-15,20-21,23,26,29,33,37H,16-19,22,24H2,(H,35,38). The molecule has 2 heterocycles. The van der Waals surface area contributed by atoms with Gasteiger partial charge in [-0.3, -0.25) is 4.79 Å². The first-order chi connectivity index (χ1) is 21.0. The Bertz CT molecular complexity index is 1730. The van der Waals surface area contributed by atoms with Gasteiger partial charge in [0.25, 0.3) is 0 Å². The lowest BCUT2D eigenvalue weighted by atomic mass is 9.82. The summed E-state index contributed by atoms with van der Waals surface area (Å²) in [6.45, 7) is 0.159. The molecule has 0 saturated heterocycles. The van der Waals surface area contributed by atoms with Crippen LogP contribution in [0.3, 0.4) is 0 Å². The Morgan fingerprint density at radius 1 is 0.837 bits per heavy atom. The summed E-state index contributed by atoms with van der Waals surface area (Å²) in [7, 11) is -3.66. The molecular weight excluding hydrogens is 558 g/mol. The van der Waals surface area contributed by atoms with Crippen LogP contribution in [0.1, 0.15) is 48.4 Å². The molecule has 0 aliphatic heterocycles. The van der Waals surface area contributed by atoms with E-state index in [9.17, 15) is 13.2 Å².